The molecule has 0 heterocycles. The van der Waals surface area contributed by atoms with Crippen molar-refractivity contribution in [2.75, 3.05) is 14.2 Å². The van der Waals surface area contributed by atoms with Crippen molar-refractivity contribution >= 4 is 17.3 Å². The highest BCUT2D eigenvalue weighted by molar-refractivity contribution is 6.50. The first-order chi connectivity index (χ1) is 7.61. The third-order valence-corrected chi connectivity index (χ3v) is 1.94. The fourth-order valence-corrected chi connectivity index (χ4v) is 1.30. The maximum atomic E-state index is 11.3. The van der Waals surface area contributed by atoms with Gasteiger partial charge in [0.15, 0.2) is 0 Å². The molecular formula is C12H12O4. The highest BCUT2D eigenvalue weighted by Gasteiger charge is 2.24. The number of Topliss-reactive ketones (excluding diaryl/α,β-unsaturated/α-hetero) is 1. The monoisotopic (exact) mass is 220 g/mol. The van der Waals surface area contributed by atoms with Crippen molar-refractivity contribution in [1.29, 1.82) is 0 Å². The van der Waals surface area contributed by atoms with Gasteiger partial charge in [-0.1, -0.05) is 24.3 Å². The second-order valence-electron chi connectivity index (χ2n) is 3.18. The Morgan fingerprint density at radius 2 is 1.56 bits per heavy atom. The molecule has 1 N–H and O–H groups in total. The Bertz CT molecular complexity index is 446. The van der Waals surface area contributed by atoms with Crippen molar-refractivity contribution < 1.29 is 19.4 Å². The first kappa shape index (κ1) is 12.1. The summed E-state index contributed by atoms with van der Waals surface area (Å²) in [6.07, 6.45) is 0.949. The van der Waals surface area contributed by atoms with Crippen molar-refractivity contribution in [3.63, 3.8) is 0 Å². The Labute approximate surface area is 93.2 Å². The molecule has 0 atom stereocenters. The molecule has 1 aromatic carbocycles. The van der Waals surface area contributed by atoms with Crippen molar-refractivity contribution in [1.82, 2.24) is 0 Å². The molecule has 1 aromatic rings. The number of methoxy groups -OCH3 is 1. The highest BCUT2D eigenvalue weighted by atomic mass is 16.4. The van der Waals surface area contributed by atoms with Crippen LogP contribution in [0.2, 0.25) is 0 Å². The first-order valence-electron chi connectivity index (χ1n) is 4.60. The lowest BCUT2D eigenvalue weighted by Gasteiger charge is -2.10. The molecule has 0 unspecified atom stereocenters. The second kappa shape index (κ2) is 5.23. The highest BCUT2D eigenvalue weighted by Crippen LogP contribution is 2.22. The fraction of sp³-hybridized carbons (Fsp3) is 0.167. The minimum atomic E-state index is -0.670. The number of fused-ring (bicyclic) bond motifs is 1. The van der Waals surface area contributed by atoms with Crippen molar-refractivity contribution in [2.24, 2.45) is 0 Å². The zero-order valence-corrected chi connectivity index (χ0v) is 9.06. The van der Waals surface area contributed by atoms with E-state index in [9.17, 15) is 14.7 Å². The molecule has 0 bridgehead atoms. The Morgan fingerprint density at radius 1 is 1.06 bits per heavy atom. The van der Waals surface area contributed by atoms with E-state index in [0.717, 1.165) is 6.08 Å². The molecule has 2 rings (SSSR count). The number of hydrogen-bond acceptors (Lipinski definition) is 4. The topological polar surface area (TPSA) is 63.6 Å². The molecule has 0 aromatic heterocycles. The lowest BCUT2D eigenvalue weighted by Crippen LogP contribution is -2.18. The van der Waals surface area contributed by atoms with E-state index in [4.69, 9.17) is 0 Å². The predicted molar refractivity (Wildman–Crippen MR) is 59.3 cm³/mol. The normalized spacial score (nSPS) is 13.5. The number of ether oxygens (including phenoxy) is 1. The molecule has 0 aliphatic heterocycles. The van der Waals surface area contributed by atoms with E-state index in [-0.39, 0.29) is 11.3 Å². The number of ketones is 2. The zero-order chi connectivity index (χ0) is 12.1. The molecule has 84 valence electrons. The van der Waals surface area contributed by atoms with Gasteiger partial charge in [0.1, 0.15) is 5.76 Å². The summed E-state index contributed by atoms with van der Waals surface area (Å²) >= 11 is 0. The van der Waals surface area contributed by atoms with Crippen LogP contribution >= 0.6 is 0 Å². The van der Waals surface area contributed by atoms with Crippen LogP contribution in [-0.4, -0.2) is 30.9 Å². The zero-order valence-electron chi connectivity index (χ0n) is 9.06. The van der Waals surface area contributed by atoms with Crippen LogP contribution < -0.4 is 0 Å². The maximum Gasteiger partial charge on any atom is 0.233 e. The maximum absolute atomic E-state index is 11.3. The number of aliphatic hydroxyl groups is 1. The minimum Gasteiger partial charge on any atom is -0.507 e. The summed E-state index contributed by atoms with van der Waals surface area (Å²) in [7, 11) is 3.25. The quantitative estimate of drug-likeness (QED) is 0.675. The van der Waals surface area contributed by atoms with Crippen LogP contribution in [0.1, 0.15) is 15.9 Å². The summed E-state index contributed by atoms with van der Waals surface area (Å²) in [6, 6.07) is 6.48. The van der Waals surface area contributed by atoms with Crippen molar-refractivity contribution in [2.45, 2.75) is 0 Å². The van der Waals surface area contributed by atoms with E-state index < -0.39 is 11.6 Å². The average molecular weight is 220 g/mol. The summed E-state index contributed by atoms with van der Waals surface area (Å²) in [5.41, 5.74) is 0.694. The predicted octanol–water partition coefficient (Wildman–Crippen LogP) is 1.61. The smallest absolute Gasteiger partial charge is 0.233 e. The van der Waals surface area contributed by atoms with Gasteiger partial charge in [-0.25, -0.2) is 0 Å². The average Bonchev–Trinajstić information content (AvgIpc) is 2.27. The molecular weight excluding hydrogens is 208 g/mol. The third-order valence-electron chi connectivity index (χ3n) is 1.94. The Balaban J connectivity index is 0.000000386. The molecule has 1 aliphatic rings. The lowest BCUT2D eigenvalue weighted by molar-refractivity contribution is -0.111. The number of carbonyl (C=O) groups is 2. The number of allylic oxidation sites excluding steroid dienone is 1. The molecule has 4 heteroatoms. The van der Waals surface area contributed by atoms with E-state index >= 15 is 0 Å². The molecule has 4 nitrogen and oxygen atoms in total. The van der Waals surface area contributed by atoms with E-state index in [0.29, 0.717) is 5.56 Å². The van der Waals surface area contributed by atoms with Gasteiger partial charge in [-0.2, -0.15) is 0 Å². The Morgan fingerprint density at radius 3 is 2.12 bits per heavy atom. The summed E-state index contributed by atoms with van der Waals surface area (Å²) < 4.78 is 4.25. The van der Waals surface area contributed by atoms with E-state index in [1.165, 1.54) is 6.07 Å². The van der Waals surface area contributed by atoms with Crippen LogP contribution in [0.4, 0.5) is 0 Å². The number of benzene rings is 1. The Kier molecular flexibility index (Phi) is 3.96. The van der Waals surface area contributed by atoms with Crippen LogP contribution in [0.3, 0.4) is 0 Å². The third kappa shape index (κ3) is 2.35. The second-order valence-corrected chi connectivity index (χ2v) is 3.18. The Hall–Kier alpha value is -1.94. The van der Waals surface area contributed by atoms with E-state index in [1.807, 2.05) is 0 Å². The summed E-state index contributed by atoms with van der Waals surface area (Å²) in [5, 5.41) is 9.34. The molecule has 0 spiro atoms. The van der Waals surface area contributed by atoms with Crippen molar-refractivity contribution in [3.8, 4) is 0 Å². The van der Waals surface area contributed by atoms with Crippen LogP contribution in [-0.2, 0) is 9.53 Å². The van der Waals surface area contributed by atoms with Gasteiger partial charge in [0.2, 0.25) is 11.6 Å². The fourth-order valence-electron chi connectivity index (χ4n) is 1.30. The number of aliphatic hydroxyl groups excluding tert-OH is 1. The van der Waals surface area contributed by atoms with E-state index in [2.05, 4.69) is 4.74 Å². The first-order valence-corrected chi connectivity index (χ1v) is 4.60. The molecule has 0 fully saturated rings. The molecule has 0 saturated carbocycles. The molecule has 1 aliphatic carbocycles. The number of hydrogen-bond donors (Lipinski definition) is 1. The molecule has 16 heavy (non-hydrogen) atoms. The number of carbonyl (C=O) groups excluding carboxylic acids is 2. The largest absolute Gasteiger partial charge is 0.507 e. The van der Waals surface area contributed by atoms with Crippen molar-refractivity contribution in [3.05, 3.63) is 41.5 Å². The van der Waals surface area contributed by atoms with Gasteiger partial charge >= 0.3 is 0 Å². The molecule has 0 saturated heterocycles. The van der Waals surface area contributed by atoms with Crippen LogP contribution in [0.25, 0.3) is 5.76 Å². The van der Waals surface area contributed by atoms with E-state index in [1.54, 1.807) is 32.4 Å². The van der Waals surface area contributed by atoms with Gasteiger partial charge in [0.25, 0.3) is 0 Å². The van der Waals surface area contributed by atoms with Gasteiger partial charge in [-0.05, 0) is 0 Å². The van der Waals surface area contributed by atoms with Gasteiger partial charge in [-0.15, -0.1) is 0 Å². The van der Waals surface area contributed by atoms with Gasteiger partial charge in [-0.3, -0.25) is 9.59 Å². The lowest BCUT2D eigenvalue weighted by atomic mass is 9.94. The minimum absolute atomic E-state index is 0.139. The summed E-state index contributed by atoms with van der Waals surface area (Å²) in [4.78, 5) is 22.2. The standard InChI is InChI=1S/C10H6O3.C2H6O/c11-8-5-9(12)10(13)7-4-2-1-3-6(7)8;1-3-2/h1-5,11H;1-2H3. The molecule has 0 amide bonds. The summed E-state index contributed by atoms with van der Waals surface area (Å²) in [6.45, 7) is 0. The van der Waals surface area contributed by atoms with Crippen LogP contribution in [0.5, 0.6) is 0 Å². The SMILES string of the molecule is COC.O=C1C=C(O)c2ccccc2C1=O. The van der Waals surface area contributed by atoms with Gasteiger partial charge in [0, 0.05) is 31.4 Å². The van der Waals surface area contributed by atoms with Crippen LogP contribution in [0, 0.1) is 0 Å². The molecule has 0 radical (unpaired) electrons. The van der Waals surface area contributed by atoms with Crippen LogP contribution in [0.15, 0.2) is 30.3 Å². The number of rotatable bonds is 0. The summed E-state index contributed by atoms with van der Waals surface area (Å²) in [5.74, 6) is -1.37. The van der Waals surface area contributed by atoms with Gasteiger partial charge < -0.3 is 9.84 Å². The van der Waals surface area contributed by atoms with Gasteiger partial charge in [0.05, 0.1) is 0 Å².